The van der Waals surface area contributed by atoms with Crippen LogP contribution in [0, 0.1) is 6.92 Å². The monoisotopic (exact) mass is 450 g/mol. The molecule has 0 unspecified atom stereocenters. The van der Waals surface area contributed by atoms with Gasteiger partial charge in [-0.2, -0.15) is 19.0 Å². The van der Waals surface area contributed by atoms with Gasteiger partial charge in [-0.05, 0) is 26.8 Å². The first-order valence-corrected chi connectivity index (χ1v) is 10.8. The number of aromatic nitrogens is 5. The summed E-state index contributed by atoms with van der Waals surface area (Å²) in [5.41, 5.74) is 12.5. The van der Waals surface area contributed by atoms with Crippen LogP contribution in [0.3, 0.4) is 0 Å². The number of nitrogens with two attached hydrogens (primary N) is 1. The Balaban J connectivity index is 1.81. The lowest BCUT2D eigenvalue weighted by Gasteiger charge is -2.21. The van der Waals surface area contributed by atoms with Crippen molar-refractivity contribution in [3.8, 4) is 28.3 Å². The molecule has 2 bridgehead atoms. The zero-order valence-electron chi connectivity index (χ0n) is 18.6. The van der Waals surface area contributed by atoms with Crippen LogP contribution in [-0.4, -0.2) is 24.5 Å². The molecule has 0 spiro atoms. The van der Waals surface area contributed by atoms with E-state index in [1.807, 2.05) is 49.7 Å². The van der Waals surface area contributed by atoms with E-state index >= 15 is 0 Å². The van der Waals surface area contributed by atoms with Crippen molar-refractivity contribution in [1.29, 1.82) is 0 Å². The fourth-order valence-corrected chi connectivity index (χ4v) is 4.39. The molecule has 1 aliphatic rings. The summed E-state index contributed by atoms with van der Waals surface area (Å²) in [6.07, 6.45) is 4.84. The van der Waals surface area contributed by atoms with Gasteiger partial charge in [0.05, 0.1) is 17.6 Å². The molecular formula is C24H24F2N6O. The van der Waals surface area contributed by atoms with Gasteiger partial charge in [-0.25, -0.2) is 9.67 Å². The first kappa shape index (κ1) is 21.1. The van der Waals surface area contributed by atoms with E-state index in [4.69, 9.17) is 10.5 Å². The second kappa shape index (κ2) is 7.99. The van der Waals surface area contributed by atoms with Crippen molar-refractivity contribution in [2.24, 2.45) is 0 Å². The van der Waals surface area contributed by atoms with Gasteiger partial charge < -0.3 is 10.5 Å². The van der Waals surface area contributed by atoms with E-state index in [1.165, 1.54) is 6.20 Å². The fourth-order valence-electron chi connectivity index (χ4n) is 4.39. The summed E-state index contributed by atoms with van der Waals surface area (Å²) in [6.45, 7) is 3.77. The van der Waals surface area contributed by atoms with Crippen molar-refractivity contribution in [3.05, 3.63) is 65.1 Å². The molecule has 1 aromatic carbocycles. The van der Waals surface area contributed by atoms with Crippen molar-refractivity contribution < 1.29 is 13.5 Å². The Morgan fingerprint density at radius 1 is 1.21 bits per heavy atom. The van der Waals surface area contributed by atoms with E-state index in [0.29, 0.717) is 34.7 Å². The minimum Gasteiger partial charge on any atom is -0.482 e. The Morgan fingerprint density at radius 3 is 2.79 bits per heavy atom. The number of aryl methyl sites for hydroxylation is 2. The van der Waals surface area contributed by atoms with Gasteiger partial charge in [0, 0.05) is 53.2 Å². The number of rotatable bonds is 2. The van der Waals surface area contributed by atoms with Gasteiger partial charge in [0.1, 0.15) is 6.10 Å². The highest BCUT2D eigenvalue weighted by molar-refractivity contribution is 5.72. The average Bonchev–Trinajstić information content (AvgIpc) is 3.39. The van der Waals surface area contributed by atoms with Crippen LogP contribution < -0.4 is 10.5 Å². The van der Waals surface area contributed by atoms with Gasteiger partial charge in [-0.15, -0.1) is 0 Å². The van der Waals surface area contributed by atoms with Crippen LogP contribution in [-0.2, 0) is 13.0 Å². The van der Waals surface area contributed by atoms with Gasteiger partial charge in [-0.1, -0.05) is 23.8 Å². The first-order valence-electron chi connectivity index (χ1n) is 10.8. The van der Waals surface area contributed by atoms with Crippen molar-refractivity contribution in [2.75, 3.05) is 5.73 Å². The summed E-state index contributed by atoms with van der Waals surface area (Å²) in [5.74, 6) is 0.741. The third-order valence-electron chi connectivity index (χ3n) is 5.96. The summed E-state index contributed by atoms with van der Waals surface area (Å²) >= 11 is 0. The Kier molecular flexibility index (Phi) is 5.11. The lowest BCUT2D eigenvalue weighted by Crippen LogP contribution is -2.10. The minimum atomic E-state index is -2.74. The van der Waals surface area contributed by atoms with E-state index in [0.717, 1.165) is 33.5 Å². The van der Waals surface area contributed by atoms with Gasteiger partial charge in [-0.3, -0.25) is 4.68 Å². The Labute approximate surface area is 189 Å². The molecule has 9 heteroatoms. The lowest BCUT2D eigenvalue weighted by atomic mass is 9.93. The molecule has 4 heterocycles. The highest BCUT2D eigenvalue weighted by Crippen LogP contribution is 2.38. The number of nitrogen functional groups attached to an aromatic ring is 1. The molecule has 3 aromatic heterocycles. The quantitative estimate of drug-likeness (QED) is 0.456. The number of nitrogens with zero attached hydrogens (tertiary/aromatic N) is 5. The molecule has 2 N–H and O–H groups in total. The number of fused-ring (bicyclic) bond motifs is 7. The van der Waals surface area contributed by atoms with Crippen molar-refractivity contribution in [3.63, 3.8) is 0 Å². The average molecular weight is 450 g/mol. The minimum absolute atomic E-state index is 0.281. The Bertz CT molecular complexity index is 1340. The molecule has 33 heavy (non-hydrogen) atoms. The van der Waals surface area contributed by atoms with Gasteiger partial charge in [0.2, 0.25) is 0 Å². The number of ether oxygens (including phenoxy) is 1. The van der Waals surface area contributed by atoms with E-state index < -0.39 is 12.7 Å². The van der Waals surface area contributed by atoms with Crippen LogP contribution >= 0.6 is 0 Å². The number of benzene rings is 1. The number of halogens is 2. The maximum Gasteiger partial charge on any atom is 0.333 e. The van der Waals surface area contributed by atoms with Crippen LogP contribution in [0.2, 0.25) is 0 Å². The third-order valence-corrected chi connectivity index (χ3v) is 5.96. The second-order valence-electron chi connectivity index (χ2n) is 8.23. The zero-order chi connectivity index (χ0) is 23.3. The van der Waals surface area contributed by atoms with Gasteiger partial charge in [0.25, 0.3) is 0 Å². The summed E-state index contributed by atoms with van der Waals surface area (Å²) in [7, 11) is 0. The molecule has 5 rings (SSSR count). The van der Waals surface area contributed by atoms with Crippen LogP contribution in [0.5, 0.6) is 5.75 Å². The number of anilines is 1. The lowest BCUT2D eigenvalue weighted by molar-refractivity contribution is 0.0567. The highest BCUT2D eigenvalue weighted by Gasteiger charge is 2.25. The van der Waals surface area contributed by atoms with Crippen molar-refractivity contribution in [2.45, 2.75) is 46.4 Å². The molecule has 0 amide bonds. The van der Waals surface area contributed by atoms with E-state index in [1.54, 1.807) is 12.4 Å². The third kappa shape index (κ3) is 3.63. The molecular weight excluding hydrogens is 426 g/mol. The number of hydrogen-bond donors (Lipinski definition) is 1. The molecule has 170 valence electrons. The maximum absolute atomic E-state index is 13.7. The standard InChI is InChI=1S/C24H24F2N6O/c1-4-31-22-15(11-29-31)8-17-12-32(24(25)26)30-21(17)18-6-5-13(2)7-19(18)14(3)33-20-9-16(22)10-28-23(20)27/h5-7,9-12,14,24H,4,8H2,1-3H3,(H2,27,28)/t14-/m1/s1. The van der Waals surface area contributed by atoms with Crippen molar-refractivity contribution >= 4 is 5.82 Å². The SMILES string of the molecule is CCn1ncc2c1-c1cnc(N)c(c1)O[C@H](C)c1cc(C)ccc1-c1nn(C(F)F)cc1C2. The van der Waals surface area contributed by atoms with Gasteiger partial charge >= 0.3 is 6.55 Å². The molecule has 0 saturated heterocycles. The Hall–Kier alpha value is -3.75. The number of alkyl halides is 2. The molecule has 0 radical (unpaired) electrons. The molecule has 1 atom stereocenters. The van der Waals surface area contributed by atoms with E-state index in [-0.39, 0.29) is 5.82 Å². The predicted octanol–water partition coefficient (Wildman–Crippen LogP) is 5.16. The maximum atomic E-state index is 13.7. The summed E-state index contributed by atoms with van der Waals surface area (Å²) in [6, 6.07) is 7.71. The summed E-state index contributed by atoms with van der Waals surface area (Å²) in [4.78, 5) is 4.36. The van der Waals surface area contributed by atoms with Crippen LogP contribution in [0.25, 0.3) is 22.5 Å². The molecule has 0 fully saturated rings. The van der Waals surface area contributed by atoms with Crippen LogP contribution in [0.15, 0.2) is 42.9 Å². The van der Waals surface area contributed by atoms with E-state index in [9.17, 15) is 8.78 Å². The summed E-state index contributed by atoms with van der Waals surface area (Å²) in [5, 5.41) is 8.79. The molecule has 0 saturated carbocycles. The molecule has 4 aromatic rings. The van der Waals surface area contributed by atoms with Crippen molar-refractivity contribution in [1.82, 2.24) is 24.5 Å². The van der Waals surface area contributed by atoms with Crippen LogP contribution in [0.1, 0.15) is 48.8 Å². The second-order valence-corrected chi connectivity index (χ2v) is 8.23. The predicted molar refractivity (Wildman–Crippen MR) is 121 cm³/mol. The smallest absolute Gasteiger partial charge is 0.333 e. The highest BCUT2D eigenvalue weighted by atomic mass is 19.3. The Morgan fingerprint density at radius 2 is 2.03 bits per heavy atom. The topological polar surface area (TPSA) is 83.8 Å². The normalized spacial score (nSPS) is 15.2. The number of hydrogen-bond acceptors (Lipinski definition) is 5. The number of pyridine rings is 1. The zero-order valence-corrected chi connectivity index (χ0v) is 18.6. The summed E-state index contributed by atoms with van der Waals surface area (Å²) < 4.78 is 36.1. The first-order chi connectivity index (χ1) is 15.9. The van der Waals surface area contributed by atoms with E-state index in [2.05, 4.69) is 15.2 Å². The fraction of sp³-hybridized carbons (Fsp3) is 0.292. The van der Waals surface area contributed by atoms with Crippen LogP contribution in [0.4, 0.5) is 14.6 Å². The van der Waals surface area contributed by atoms with Gasteiger partial charge in [0.15, 0.2) is 11.6 Å². The molecule has 0 aliphatic carbocycles. The largest absolute Gasteiger partial charge is 0.482 e. The molecule has 7 nitrogen and oxygen atoms in total. The molecule has 1 aliphatic heterocycles.